The average Bonchev–Trinajstić information content (AvgIpc) is 2.37. The van der Waals surface area contributed by atoms with Gasteiger partial charge in [0.05, 0.1) is 6.42 Å². The van der Waals surface area contributed by atoms with E-state index >= 15 is 0 Å². The van der Waals surface area contributed by atoms with Gasteiger partial charge in [-0.2, -0.15) is 13.2 Å². The van der Waals surface area contributed by atoms with Crippen LogP contribution < -0.4 is 5.32 Å². The van der Waals surface area contributed by atoms with Crippen LogP contribution in [0.2, 0.25) is 5.15 Å². The maximum Gasteiger partial charge on any atom is 0.390 e. The molecule has 0 unspecified atom stereocenters. The van der Waals surface area contributed by atoms with Crippen molar-refractivity contribution < 1.29 is 13.2 Å². The quantitative estimate of drug-likeness (QED) is 0.869. The predicted molar refractivity (Wildman–Crippen MR) is 67.1 cm³/mol. The van der Waals surface area contributed by atoms with Gasteiger partial charge in [-0.25, -0.2) is 4.98 Å². The molecule has 1 atom stereocenters. The van der Waals surface area contributed by atoms with E-state index < -0.39 is 18.6 Å². The molecular formula is C12H15ClF3N3. The van der Waals surface area contributed by atoms with E-state index in [-0.39, 0.29) is 5.15 Å². The van der Waals surface area contributed by atoms with Crippen LogP contribution in [0.3, 0.4) is 0 Å². The summed E-state index contributed by atoms with van der Waals surface area (Å²) >= 11 is 5.95. The fraction of sp³-hybridized carbons (Fsp3) is 0.583. The number of piperazine rings is 1. The number of nitrogens with zero attached hydrogens (tertiary/aromatic N) is 2. The summed E-state index contributed by atoms with van der Waals surface area (Å²) < 4.78 is 38.3. The van der Waals surface area contributed by atoms with Crippen LogP contribution in [0.15, 0.2) is 18.3 Å². The Morgan fingerprint density at radius 1 is 1.37 bits per heavy atom. The molecule has 0 amide bonds. The van der Waals surface area contributed by atoms with Crippen LogP contribution in [0, 0.1) is 0 Å². The lowest BCUT2D eigenvalue weighted by molar-refractivity contribution is -0.148. The number of rotatable bonds is 3. The van der Waals surface area contributed by atoms with Gasteiger partial charge in [0.25, 0.3) is 0 Å². The summed E-state index contributed by atoms with van der Waals surface area (Å²) in [5, 5.41) is 3.28. The van der Waals surface area contributed by atoms with Crippen LogP contribution in [0.4, 0.5) is 13.2 Å². The summed E-state index contributed by atoms with van der Waals surface area (Å²) in [5.41, 5.74) is 0.448. The normalized spacial score (nSPS) is 19.4. The molecule has 0 radical (unpaired) electrons. The van der Waals surface area contributed by atoms with Crippen molar-refractivity contribution in [2.45, 2.75) is 18.6 Å². The number of nitrogens with one attached hydrogen (secondary N) is 1. The van der Waals surface area contributed by atoms with Crippen molar-refractivity contribution in [1.82, 2.24) is 15.2 Å². The van der Waals surface area contributed by atoms with Crippen molar-refractivity contribution >= 4 is 11.6 Å². The maximum atomic E-state index is 12.8. The van der Waals surface area contributed by atoms with Gasteiger partial charge >= 0.3 is 6.18 Å². The van der Waals surface area contributed by atoms with Crippen LogP contribution in [-0.4, -0.2) is 42.2 Å². The van der Waals surface area contributed by atoms with Gasteiger partial charge in [-0.05, 0) is 6.07 Å². The molecule has 2 rings (SSSR count). The third kappa shape index (κ3) is 4.06. The number of aromatic nitrogens is 1. The summed E-state index contributed by atoms with van der Waals surface area (Å²) in [5.74, 6) is 0. The summed E-state index contributed by atoms with van der Waals surface area (Å²) in [4.78, 5) is 5.69. The average molecular weight is 294 g/mol. The molecule has 0 bridgehead atoms. The van der Waals surface area contributed by atoms with Crippen LogP contribution in [0.1, 0.15) is 18.0 Å². The number of hydrogen-bond acceptors (Lipinski definition) is 3. The van der Waals surface area contributed by atoms with Crippen molar-refractivity contribution in [2.24, 2.45) is 0 Å². The molecule has 19 heavy (non-hydrogen) atoms. The predicted octanol–water partition coefficient (Wildman–Crippen LogP) is 2.63. The Balaban J connectivity index is 2.25. The van der Waals surface area contributed by atoms with Gasteiger partial charge in [0, 0.05) is 44.0 Å². The topological polar surface area (TPSA) is 28.2 Å². The summed E-state index contributed by atoms with van der Waals surface area (Å²) in [7, 11) is 0. The fourth-order valence-corrected chi connectivity index (χ4v) is 2.54. The molecule has 7 heteroatoms. The van der Waals surface area contributed by atoms with E-state index in [0.717, 1.165) is 0 Å². The minimum atomic E-state index is -4.23. The van der Waals surface area contributed by atoms with Crippen molar-refractivity contribution in [3.8, 4) is 0 Å². The van der Waals surface area contributed by atoms with Crippen molar-refractivity contribution in [1.29, 1.82) is 0 Å². The lowest BCUT2D eigenvalue weighted by Crippen LogP contribution is -2.46. The second-order valence-electron chi connectivity index (χ2n) is 4.50. The summed E-state index contributed by atoms with van der Waals surface area (Å²) in [6.45, 7) is 2.52. The Hall–Kier alpha value is -0.850. The minimum Gasteiger partial charge on any atom is -0.314 e. The van der Waals surface area contributed by atoms with E-state index in [1.165, 1.54) is 6.20 Å². The first-order chi connectivity index (χ1) is 8.97. The smallest absolute Gasteiger partial charge is 0.314 e. The third-order valence-corrected chi connectivity index (χ3v) is 3.48. The largest absolute Gasteiger partial charge is 0.390 e. The Morgan fingerprint density at radius 2 is 2.05 bits per heavy atom. The summed E-state index contributed by atoms with van der Waals surface area (Å²) in [6.07, 6.45) is -3.65. The first-order valence-electron chi connectivity index (χ1n) is 6.09. The molecule has 1 N–H and O–H groups in total. The first kappa shape index (κ1) is 14.6. The molecule has 1 aliphatic heterocycles. The molecule has 0 aromatic carbocycles. The van der Waals surface area contributed by atoms with E-state index in [9.17, 15) is 13.2 Å². The lowest BCUT2D eigenvalue weighted by Gasteiger charge is -2.35. The number of hydrogen-bond donors (Lipinski definition) is 1. The van der Waals surface area contributed by atoms with Crippen LogP contribution in [0.25, 0.3) is 0 Å². The molecular weight excluding hydrogens is 279 g/mol. The second kappa shape index (κ2) is 6.07. The van der Waals surface area contributed by atoms with Gasteiger partial charge in [0.1, 0.15) is 5.15 Å². The van der Waals surface area contributed by atoms with E-state index in [1.54, 1.807) is 12.1 Å². The Morgan fingerprint density at radius 3 is 2.63 bits per heavy atom. The second-order valence-corrected chi connectivity index (χ2v) is 4.86. The number of halogens is 4. The zero-order valence-electron chi connectivity index (χ0n) is 10.3. The standard InChI is InChI=1S/C12H15ClF3N3/c13-11-9(2-1-3-18-11)10(8-12(14,15)16)19-6-4-17-5-7-19/h1-3,10,17H,4-8H2/t10-/m1/s1. The molecule has 1 saturated heterocycles. The first-order valence-corrected chi connectivity index (χ1v) is 6.47. The van der Waals surface area contributed by atoms with E-state index in [0.29, 0.717) is 31.7 Å². The van der Waals surface area contributed by atoms with Gasteiger partial charge in [0.15, 0.2) is 0 Å². The molecule has 0 aliphatic carbocycles. The van der Waals surface area contributed by atoms with Gasteiger partial charge in [-0.1, -0.05) is 17.7 Å². The summed E-state index contributed by atoms with van der Waals surface area (Å²) in [6, 6.07) is 2.48. The SMILES string of the molecule is FC(F)(F)C[C@H](c1cccnc1Cl)N1CCNCC1. The van der Waals surface area contributed by atoms with E-state index in [4.69, 9.17) is 11.6 Å². The maximum absolute atomic E-state index is 12.8. The molecule has 3 nitrogen and oxygen atoms in total. The fourth-order valence-electron chi connectivity index (χ4n) is 2.30. The molecule has 0 saturated carbocycles. The molecule has 1 aromatic rings. The van der Waals surface area contributed by atoms with Gasteiger partial charge in [0.2, 0.25) is 0 Å². The van der Waals surface area contributed by atoms with Crippen molar-refractivity contribution in [3.05, 3.63) is 29.0 Å². The van der Waals surface area contributed by atoms with Gasteiger partial charge < -0.3 is 5.32 Å². The van der Waals surface area contributed by atoms with E-state index in [1.807, 2.05) is 4.90 Å². The Labute approximate surface area is 114 Å². The zero-order valence-corrected chi connectivity index (χ0v) is 11.0. The van der Waals surface area contributed by atoms with Crippen molar-refractivity contribution in [3.63, 3.8) is 0 Å². The molecule has 0 spiro atoms. The molecule has 1 fully saturated rings. The number of alkyl halides is 3. The molecule has 2 heterocycles. The Bertz CT molecular complexity index is 419. The highest BCUT2D eigenvalue weighted by molar-refractivity contribution is 6.30. The minimum absolute atomic E-state index is 0.148. The van der Waals surface area contributed by atoms with E-state index in [2.05, 4.69) is 10.3 Å². The molecule has 1 aromatic heterocycles. The zero-order chi connectivity index (χ0) is 13.9. The highest BCUT2D eigenvalue weighted by atomic mass is 35.5. The third-order valence-electron chi connectivity index (χ3n) is 3.16. The monoisotopic (exact) mass is 293 g/mol. The lowest BCUT2D eigenvalue weighted by atomic mass is 10.0. The van der Waals surface area contributed by atoms with Crippen LogP contribution in [-0.2, 0) is 0 Å². The number of pyridine rings is 1. The molecule has 1 aliphatic rings. The van der Waals surface area contributed by atoms with Crippen LogP contribution >= 0.6 is 11.6 Å². The highest BCUT2D eigenvalue weighted by Crippen LogP contribution is 2.36. The van der Waals surface area contributed by atoms with Gasteiger partial charge in [-0.3, -0.25) is 4.90 Å². The Kier molecular flexibility index (Phi) is 4.65. The van der Waals surface area contributed by atoms with Gasteiger partial charge in [-0.15, -0.1) is 0 Å². The van der Waals surface area contributed by atoms with Crippen LogP contribution in [0.5, 0.6) is 0 Å². The molecule has 106 valence electrons. The van der Waals surface area contributed by atoms with Crippen molar-refractivity contribution in [2.75, 3.05) is 26.2 Å². The highest BCUT2D eigenvalue weighted by Gasteiger charge is 2.36.